The van der Waals surface area contributed by atoms with Crippen LogP contribution in [0, 0.1) is 23.7 Å². The summed E-state index contributed by atoms with van der Waals surface area (Å²) in [6.45, 7) is 13.3. The monoisotopic (exact) mass is 508 g/mol. The molecule has 204 valence electrons. The van der Waals surface area contributed by atoms with Crippen molar-refractivity contribution in [3.05, 3.63) is 23.8 Å². The highest BCUT2D eigenvalue weighted by Gasteiger charge is 2.60. The van der Waals surface area contributed by atoms with E-state index in [1.54, 1.807) is 13.8 Å². The van der Waals surface area contributed by atoms with Crippen LogP contribution in [0.25, 0.3) is 0 Å². The molecule has 1 unspecified atom stereocenters. The first kappa shape index (κ1) is 28.8. The van der Waals surface area contributed by atoms with Crippen LogP contribution in [-0.4, -0.2) is 70.0 Å². The summed E-state index contributed by atoms with van der Waals surface area (Å²) in [5, 5.41) is 32.9. The van der Waals surface area contributed by atoms with Gasteiger partial charge in [0, 0.05) is 31.3 Å². The van der Waals surface area contributed by atoms with Crippen LogP contribution in [-0.2, 0) is 23.8 Å². The Kier molecular flexibility index (Phi) is 9.41. The van der Waals surface area contributed by atoms with E-state index in [9.17, 15) is 24.9 Å². The summed E-state index contributed by atoms with van der Waals surface area (Å²) < 4.78 is 17.7. The standard InChI is InChI=1S/C28H44O8/c1-7-9-23(31)34-20(8-2)27(32)36-22-13-19(30)16(4)12-21-24-15(3)10-11-18(17(5)14-29)25(24)26(35-21)28(22,6)33/h10,17-22,24-26,29-30,33H,4,7-9,11-14H2,1-3,5-6H3/t17-,18+,19-,20?,21+,22-,24+,25+,26+,28+/m0/s1. The quantitative estimate of drug-likeness (QED) is 0.338. The topological polar surface area (TPSA) is 123 Å². The molecule has 0 aromatic heterocycles. The van der Waals surface area contributed by atoms with Crippen molar-refractivity contribution >= 4 is 11.9 Å². The molecule has 2 saturated heterocycles. The molecule has 0 saturated carbocycles. The van der Waals surface area contributed by atoms with Crippen LogP contribution in [0.4, 0.5) is 0 Å². The molecule has 2 fully saturated rings. The predicted octanol–water partition coefficient (Wildman–Crippen LogP) is 3.08. The Morgan fingerprint density at radius 2 is 2.03 bits per heavy atom. The van der Waals surface area contributed by atoms with Gasteiger partial charge in [-0.3, -0.25) is 4.79 Å². The lowest BCUT2D eigenvalue weighted by Crippen LogP contribution is -2.57. The van der Waals surface area contributed by atoms with Gasteiger partial charge in [0.2, 0.25) is 0 Å². The lowest BCUT2D eigenvalue weighted by molar-refractivity contribution is -0.202. The highest BCUT2D eigenvalue weighted by molar-refractivity contribution is 5.79. The van der Waals surface area contributed by atoms with Crippen LogP contribution in [0.1, 0.15) is 73.1 Å². The molecule has 0 spiro atoms. The van der Waals surface area contributed by atoms with Gasteiger partial charge >= 0.3 is 11.9 Å². The number of esters is 2. The van der Waals surface area contributed by atoms with E-state index in [0.717, 1.165) is 12.0 Å². The third-order valence-electron chi connectivity index (χ3n) is 8.46. The molecule has 36 heavy (non-hydrogen) atoms. The maximum Gasteiger partial charge on any atom is 0.347 e. The first-order valence-electron chi connectivity index (χ1n) is 13.4. The minimum absolute atomic E-state index is 0.00832. The van der Waals surface area contributed by atoms with Crippen LogP contribution >= 0.6 is 0 Å². The number of hydrogen-bond donors (Lipinski definition) is 3. The van der Waals surface area contributed by atoms with E-state index >= 15 is 0 Å². The van der Waals surface area contributed by atoms with Gasteiger partial charge in [0.25, 0.3) is 0 Å². The van der Waals surface area contributed by atoms with E-state index in [4.69, 9.17) is 14.2 Å². The van der Waals surface area contributed by atoms with Crippen LogP contribution < -0.4 is 0 Å². The Balaban J connectivity index is 1.96. The summed E-state index contributed by atoms with van der Waals surface area (Å²) in [6, 6.07) is 0. The van der Waals surface area contributed by atoms with E-state index in [0.29, 0.717) is 18.4 Å². The van der Waals surface area contributed by atoms with Crippen molar-refractivity contribution in [3.8, 4) is 0 Å². The third kappa shape index (κ3) is 5.72. The highest BCUT2D eigenvalue weighted by Crippen LogP contribution is 2.53. The molecule has 0 aromatic rings. The van der Waals surface area contributed by atoms with Gasteiger partial charge in [-0.05, 0) is 56.9 Å². The zero-order valence-electron chi connectivity index (χ0n) is 22.3. The van der Waals surface area contributed by atoms with Crippen LogP contribution in [0.15, 0.2) is 23.8 Å². The average molecular weight is 509 g/mol. The van der Waals surface area contributed by atoms with E-state index in [-0.39, 0.29) is 55.6 Å². The molecule has 10 atom stereocenters. The average Bonchev–Trinajstić information content (AvgIpc) is 3.22. The number of aliphatic hydroxyl groups is 3. The van der Waals surface area contributed by atoms with Crippen molar-refractivity contribution in [2.45, 2.75) is 109 Å². The second-order valence-electron chi connectivity index (χ2n) is 11.1. The molecule has 8 nitrogen and oxygen atoms in total. The molecule has 8 heteroatoms. The normalized spacial score (nSPS) is 38.1. The number of aliphatic hydroxyl groups excluding tert-OH is 2. The highest BCUT2D eigenvalue weighted by atomic mass is 16.6. The summed E-state index contributed by atoms with van der Waals surface area (Å²) >= 11 is 0. The predicted molar refractivity (Wildman–Crippen MR) is 134 cm³/mol. The van der Waals surface area contributed by atoms with Crippen molar-refractivity contribution in [1.82, 2.24) is 0 Å². The second kappa shape index (κ2) is 11.8. The third-order valence-corrected chi connectivity index (χ3v) is 8.46. The van der Waals surface area contributed by atoms with Gasteiger partial charge in [0.1, 0.15) is 11.7 Å². The largest absolute Gasteiger partial charge is 0.456 e. The maximum atomic E-state index is 13.1. The molecular weight excluding hydrogens is 464 g/mol. The Labute approximate surface area is 214 Å². The lowest BCUT2D eigenvalue weighted by Gasteiger charge is -2.45. The summed E-state index contributed by atoms with van der Waals surface area (Å²) in [7, 11) is 0. The van der Waals surface area contributed by atoms with Crippen molar-refractivity contribution in [2.24, 2.45) is 23.7 Å². The fraction of sp³-hybridized carbons (Fsp3) is 0.786. The minimum Gasteiger partial charge on any atom is -0.456 e. The van der Waals surface area contributed by atoms with E-state index in [1.165, 1.54) is 0 Å². The number of fused-ring (bicyclic) bond motifs is 5. The molecule has 3 aliphatic rings. The first-order valence-corrected chi connectivity index (χ1v) is 13.4. The number of rotatable bonds is 8. The van der Waals surface area contributed by atoms with E-state index < -0.39 is 42.0 Å². The van der Waals surface area contributed by atoms with Crippen molar-refractivity contribution < 1.29 is 39.1 Å². The molecule has 0 amide bonds. The Morgan fingerprint density at radius 1 is 1.33 bits per heavy atom. The van der Waals surface area contributed by atoms with Gasteiger partial charge in [0.05, 0.1) is 18.3 Å². The van der Waals surface area contributed by atoms with Crippen LogP contribution in [0.3, 0.4) is 0 Å². The van der Waals surface area contributed by atoms with Gasteiger partial charge < -0.3 is 29.5 Å². The molecule has 0 radical (unpaired) electrons. The van der Waals surface area contributed by atoms with E-state index in [1.807, 2.05) is 13.8 Å². The number of allylic oxidation sites excluding steroid dienone is 1. The lowest BCUT2D eigenvalue weighted by atomic mass is 9.62. The fourth-order valence-corrected chi connectivity index (χ4v) is 6.24. The van der Waals surface area contributed by atoms with Gasteiger partial charge in [-0.1, -0.05) is 39.0 Å². The number of hydrogen-bond acceptors (Lipinski definition) is 8. The zero-order chi connectivity index (χ0) is 26.8. The van der Waals surface area contributed by atoms with E-state index in [2.05, 4.69) is 19.6 Å². The smallest absolute Gasteiger partial charge is 0.347 e. The zero-order valence-corrected chi connectivity index (χ0v) is 22.3. The summed E-state index contributed by atoms with van der Waals surface area (Å²) in [5.41, 5.74) is 0.0788. The number of carbonyl (C=O) groups excluding carboxylic acids is 2. The number of carbonyl (C=O) groups is 2. The van der Waals surface area contributed by atoms with Gasteiger partial charge in [0.15, 0.2) is 6.10 Å². The van der Waals surface area contributed by atoms with Crippen molar-refractivity contribution in [1.29, 1.82) is 0 Å². The van der Waals surface area contributed by atoms with Crippen molar-refractivity contribution in [3.63, 3.8) is 0 Å². The first-order chi connectivity index (χ1) is 17.0. The summed E-state index contributed by atoms with van der Waals surface area (Å²) in [6.07, 6.45) is 0.157. The van der Waals surface area contributed by atoms with Gasteiger partial charge in [-0.15, -0.1) is 0 Å². The van der Waals surface area contributed by atoms with Gasteiger partial charge in [-0.2, -0.15) is 0 Å². The Hall–Kier alpha value is -1.74. The molecular formula is C28H44O8. The van der Waals surface area contributed by atoms with Crippen LogP contribution in [0.2, 0.25) is 0 Å². The van der Waals surface area contributed by atoms with Gasteiger partial charge in [-0.25, -0.2) is 4.79 Å². The van der Waals surface area contributed by atoms with Crippen LogP contribution in [0.5, 0.6) is 0 Å². The molecule has 2 heterocycles. The number of ether oxygens (including phenoxy) is 3. The second-order valence-corrected chi connectivity index (χ2v) is 11.1. The molecule has 2 aliphatic heterocycles. The Morgan fingerprint density at radius 3 is 2.64 bits per heavy atom. The maximum absolute atomic E-state index is 13.1. The fourth-order valence-electron chi connectivity index (χ4n) is 6.24. The minimum atomic E-state index is -1.64. The summed E-state index contributed by atoms with van der Waals surface area (Å²) in [4.78, 5) is 25.1. The summed E-state index contributed by atoms with van der Waals surface area (Å²) in [5.74, 6) is -1.29. The molecule has 3 N–H and O–H groups in total. The molecule has 2 bridgehead atoms. The van der Waals surface area contributed by atoms with Crippen molar-refractivity contribution in [2.75, 3.05) is 6.61 Å². The molecule has 3 rings (SSSR count). The molecule has 0 aromatic carbocycles. The SMILES string of the molecule is C=C1C[C@H]2O[C@H]([C@@H]3[C@@H]([C@@H](C)CO)CC=C(C)[C@@H]32)[C@](C)(O)[C@@H](OC(=O)C(CC)OC(=O)CCC)C[C@@H]1O. The Bertz CT molecular complexity index is 848. The molecule has 1 aliphatic carbocycles.